The molecule has 21 N–H and O–H groups in total. The van der Waals surface area contributed by atoms with Gasteiger partial charge in [0.25, 0.3) is 5.91 Å². The summed E-state index contributed by atoms with van der Waals surface area (Å²) in [6, 6.07) is -8.34. The number of aliphatic hydroxyl groups is 3. The van der Waals surface area contributed by atoms with Gasteiger partial charge in [0.2, 0.25) is 35.4 Å². The number of aliphatic hydroxyl groups excluding tert-OH is 3. The van der Waals surface area contributed by atoms with E-state index in [1.54, 1.807) is 0 Å². The lowest BCUT2D eigenvalue weighted by atomic mass is 10.0. The number of hydrogen-bond acceptors (Lipinski definition) is 15. The van der Waals surface area contributed by atoms with Gasteiger partial charge in [-0.05, 0) is 51.5 Å². The Labute approximate surface area is 388 Å². The molecule has 66 heavy (non-hydrogen) atoms. The number of amides is 7. The van der Waals surface area contributed by atoms with E-state index in [0.29, 0.717) is 12.8 Å². The third-order valence-electron chi connectivity index (χ3n) is 10.7. The first-order chi connectivity index (χ1) is 31.3. The number of carbonyl (C=O) groups excluding carboxylic acids is 7. The molecule has 0 saturated carbocycles. The summed E-state index contributed by atoms with van der Waals surface area (Å²) < 4.78 is 0. The zero-order chi connectivity index (χ0) is 49.8. The monoisotopic (exact) mass is 941 g/mol. The van der Waals surface area contributed by atoms with Crippen LogP contribution in [0.4, 0.5) is 0 Å². The Balaban J connectivity index is 3.77. The number of β-amino-alcohol motifs (C(OH)–C–C–N with tert-alkyl or cyclic N) is 1. The van der Waals surface area contributed by atoms with E-state index in [2.05, 4.69) is 54.5 Å². The van der Waals surface area contributed by atoms with Gasteiger partial charge in [-0.1, -0.05) is 65.4 Å². The van der Waals surface area contributed by atoms with Crippen LogP contribution >= 0.6 is 0 Å². The second-order valence-electron chi connectivity index (χ2n) is 16.8. The van der Waals surface area contributed by atoms with Crippen LogP contribution in [0.5, 0.6) is 0 Å². The molecule has 24 nitrogen and oxygen atoms in total. The predicted octanol–water partition coefficient (Wildman–Crippen LogP) is -4.89. The molecular formula is C42H80N14O10. The number of rotatable bonds is 21. The van der Waals surface area contributed by atoms with Gasteiger partial charge in [0.05, 0.1) is 18.2 Å². The molecular weight excluding hydrogens is 861 g/mol. The van der Waals surface area contributed by atoms with Gasteiger partial charge in [0, 0.05) is 45.2 Å². The normalized spacial score (nSPS) is 25.1. The maximum absolute atomic E-state index is 14.0. The maximum Gasteiger partial charge on any atom is 0.268 e. The van der Waals surface area contributed by atoms with E-state index in [0.717, 1.165) is 38.5 Å². The van der Waals surface area contributed by atoms with Gasteiger partial charge < -0.3 is 86.5 Å². The molecule has 0 aliphatic carbocycles. The fourth-order valence-electron chi connectivity index (χ4n) is 7.02. The van der Waals surface area contributed by atoms with Crippen molar-refractivity contribution in [3.8, 4) is 0 Å². The molecule has 0 aromatic heterocycles. The predicted molar refractivity (Wildman–Crippen MR) is 248 cm³/mol. The minimum Gasteiger partial charge on any atom is -0.389 e. The van der Waals surface area contributed by atoms with Crippen LogP contribution < -0.4 is 71.2 Å². The van der Waals surface area contributed by atoms with Crippen LogP contribution in [-0.2, 0) is 33.6 Å². The van der Waals surface area contributed by atoms with Gasteiger partial charge in [-0.2, -0.15) is 0 Å². The molecule has 7 amide bonds. The van der Waals surface area contributed by atoms with E-state index in [4.69, 9.17) is 28.7 Å². The Bertz CT molecular complexity index is 1600. The summed E-state index contributed by atoms with van der Waals surface area (Å²) in [6.45, 7) is 5.60. The molecule has 24 heteroatoms. The summed E-state index contributed by atoms with van der Waals surface area (Å²) in [7, 11) is 0. The van der Waals surface area contributed by atoms with E-state index in [1.807, 2.05) is 13.8 Å². The van der Waals surface area contributed by atoms with Crippen LogP contribution in [0.15, 0.2) is 16.8 Å². The molecule has 1 saturated heterocycles. The average Bonchev–Trinajstić information content (AvgIpc) is 3.27. The highest BCUT2D eigenvalue weighted by atomic mass is 16.3. The Morgan fingerprint density at radius 1 is 0.773 bits per heavy atom. The minimum atomic E-state index is -1.86. The van der Waals surface area contributed by atoms with Gasteiger partial charge in [0.15, 0.2) is 5.96 Å². The Hall–Kier alpha value is -4.98. The smallest absolute Gasteiger partial charge is 0.268 e. The Morgan fingerprint density at radius 3 is 1.94 bits per heavy atom. The van der Waals surface area contributed by atoms with Gasteiger partial charge >= 0.3 is 0 Å². The Morgan fingerprint density at radius 2 is 1.36 bits per heavy atom. The van der Waals surface area contributed by atoms with E-state index in [9.17, 15) is 48.9 Å². The lowest BCUT2D eigenvalue weighted by Gasteiger charge is -2.30. The average molecular weight is 941 g/mol. The van der Waals surface area contributed by atoms with Crippen molar-refractivity contribution < 1.29 is 48.9 Å². The third kappa shape index (κ3) is 22.5. The number of unbranched alkanes of at least 4 members (excludes halogenated alkanes) is 6. The standard InChI is InChI=1S/C42H80N14O10/c1-5-7-8-9-10-11-12-15-32(60)54-35-31(59)23-50-39(64)33(29(57)20-44)56-41(66)34(30(58)21-45)55-37(62)27(14-13-18-48-42(46)47)49-22-25(19-24(3)4)51-38(63)28(16-17-43)53-36(61)26(6-2)52-40(35)65/h6,24-25,27-31,33-35,49,57-59H,5,7-23,43-45H2,1-4H3,(H,50,64)(H,51,63)(H,52,65)(H,53,61)(H,54,60)(H,55,62)(H,56,66)(H4,46,47,48)/b26-6-/t25-,27-,28-,29?,30?,31?,33?,34?,35?/m0/s1. The summed E-state index contributed by atoms with van der Waals surface area (Å²) in [4.78, 5) is 99.9. The second-order valence-corrected chi connectivity index (χ2v) is 16.8. The van der Waals surface area contributed by atoms with Crippen molar-refractivity contribution >= 4 is 47.3 Å². The lowest BCUT2D eigenvalue weighted by Crippen LogP contribution is -2.64. The van der Waals surface area contributed by atoms with E-state index < -0.39 is 116 Å². The molecule has 6 unspecified atom stereocenters. The highest BCUT2D eigenvalue weighted by Gasteiger charge is 2.37. The van der Waals surface area contributed by atoms with Gasteiger partial charge in [-0.3, -0.25) is 38.6 Å². The van der Waals surface area contributed by atoms with Crippen LogP contribution in [0.1, 0.15) is 105 Å². The summed E-state index contributed by atoms with van der Waals surface area (Å²) in [6.07, 6.45) is 3.02. The highest BCUT2D eigenvalue weighted by molar-refractivity contribution is 6.01. The number of nitrogens with zero attached hydrogens (tertiary/aromatic N) is 1. The molecule has 1 aliphatic heterocycles. The van der Waals surface area contributed by atoms with Crippen LogP contribution in [0, 0.1) is 5.92 Å². The van der Waals surface area contributed by atoms with Crippen molar-refractivity contribution in [2.24, 2.45) is 39.6 Å². The number of nitrogens with two attached hydrogens (primary N) is 5. The van der Waals surface area contributed by atoms with Gasteiger partial charge in [-0.15, -0.1) is 0 Å². The molecule has 1 aliphatic rings. The maximum atomic E-state index is 14.0. The summed E-state index contributed by atoms with van der Waals surface area (Å²) in [5, 5.41) is 53.6. The molecule has 0 bridgehead atoms. The van der Waals surface area contributed by atoms with Crippen LogP contribution in [0.25, 0.3) is 0 Å². The molecule has 0 spiro atoms. The molecule has 1 rings (SSSR count). The first-order valence-corrected chi connectivity index (χ1v) is 23.0. The molecule has 1 fully saturated rings. The molecule has 378 valence electrons. The first kappa shape index (κ1) is 59.0. The molecule has 1 heterocycles. The topological polar surface area (TPSA) is 419 Å². The molecule has 0 aromatic rings. The molecule has 9 atom stereocenters. The number of carbonyl (C=O) groups is 7. The zero-order valence-corrected chi connectivity index (χ0v) is 39.1. The number of guanidine groups is 1. The van der Waals surface area contributed by atoms with Gasteiger partial charge in [-0.25, -0.2) is 0 Å². The van der Waals surface area contributed by atoms with E-state index in [1.165, 1.54) is 13.0 Å². The third-order valence-corrected chi connectivity index (χ3v) is 10.7. The zero-order valence-electron chi connectivity index (χ0n) is 39.1. The number of aliphatic imine (C=N–C) groups is 1. The Kier molecular flexibility index (Phi) is 29.2. The van der Waals surface area contributed by atoms with Crippen LogP contribution in [-0.4, -0.2) is 156 Å². The first-order valence-electron chi connectivity index (χ1n) is 23.0. The highest BCUT2D eigenvalue weighted by Crippen LogP contribution is 2.11. The number of hydrogen-bond donors (Lipinski definition) is 16. The van der Waals surface area contributed by atoms with E-state index >= 15 is 0 Å². The summed E-state index contributed by atoms with van der Waals surface area (Å²) >= 11 is 0. The number of allylic oxidation sites excluding steroid dienone is 1. The van der Waals surface area contributed by atoms with Crippen molar-refractivity contribution in [1.82, 2.24) is 42.5 Å². The molecule has 0 aromatic carbocycles. The summed E-state index contributed by atoms with van der Waals surface area (Å²) in [5.74, 6) is -6.39. The fraction of sp³-hybridized carbons (Fsp3) is 0.762. The lowest BCUT2D eigenvalue weighted by molar-refractivity contribution is -0.137. The van der Waals surface area contributed by atoms with Crippen LogP contribution in [0.3, 0.4) is 0 Å². The fourth-order valence-corrected chi connectivity index (χ4v) is 7.02. The van der Waals surface area contributed by atoms with E-state index in [-0.39, 0.29) is 62.9 Å². The van der Waals surface area contributed by atoms with Crippen molar-refractivity contribution in [2.45, 2.75) is 159 Å². The van der Waals surface area contributed by atoms with Crippen molar-refractivity contribution in [3.05, 3.63) is 11.8 Å². The SMILES string of the molecule is C/C=C1\NC(=O)C(NC(=O)CCCCCCCCC)C(O)CNC(=O)C(C(O)CN)NC(=O)C(C(O)CN)NC(=O)[C@H](CCCN=C(N)N)NC[C@H](CC(C)C)NC(=O)[C@H](CCN)NC1=O. The minimum absolute atomic E-state index is 0.00132. The molecule has 0 radical (unpaired) electrons. The quantitative estimate of drug-likeness (QED) is 0.0222. The van der Waals surface area contributed by atoms with Crippen molar-refractivity contribution in [1.29, 1.82) is 0 Å². The van der Waals surface area contributed by atoms with Crippen molar-refractivity contribution in [2.75, 3.05) is 39.3 Å². The van der Waals surface area contributed by atoms with Crippen molar-refractivity contribution in [3.63, 3.8) is 0 Å². The number of nitrogens with one attached hydrogen (secondary N) is 8. The second kappa shape index (κ2) is 32.7. The largest absolute Gasteiger partial charge is 0.389 e. The summed E-state index contributed by atoms with van der Waals surface area (Å²) in [5.41, 5.74) is 27.9. The van der Waals surface area contributed by atoms with Crippen LogP contribution in [0.2, 0.25) is 0 Å². The van der Waals surface area contributed by atoms with Gasteiger partial charge in [0.1, 0.15) is 36.0 Å².